The van der Waals surface area contributed by atoms with Gasteiger partial charge in [0.25, 0.3) is 0 Å². The molecule has 0 aromatic carbocycles. The molecule has 0 unspecified atom stereocenters. The van der Waals surface area contributed by atoms with Crippen molar-refractivity contribution in [3.8, 4) is 6.07 Å². The van der Waals surface area contributed by atoms with Crippen molar-refractivity contribution >= 4 is 5.91 Å². The van der Waals surface area contributed by atoms with Crippen molar-refractivity contribution in [3.05, 3.63) is 30.1 Å². The van der Waals surface area contributed by atoms with Gasteiger partial charge in [0, 0.05) is 18.9 Å². The summed E-state index contributed by atoms with van der Waals surface area (Å²) in [6, 6.07) is 6.10. The van der Waals surface area contributed by atoms with Gasteiger partial charge in [0.05, 0.1) is 6.07 Å². The monoisotopic (exact) mass is 273 g/mol. The molecule has 0 radical (unpaired) electrons. The van der Waals surface area contributed by atoms with Crippen molar-refractivity contribution < 1.29 is 4.79 Å². The summed E-state index contributed by atoms with van der Waals surface area (Å²) in [4.78, 5) is 16.4. The second-order valence-electron chi connectivity index (χ2n) is 5.06. The fourth-order valence-electron chi connectivity index (χ4n) is 2.40. The topological polar surface area (TPSA) is 65.8 Å². The molecule has 1 aromatic heterocycles. The number of nitrogens with one attached hydrogen (secondary N) is 1. The Balaban J connectivity index is 2.56. The maximum absolute atomic E-state index is 12.3. The van der Waals surface area contributed by atoms with Gasteiger partial charge in [-0.1, -0.05) is 32.8 Å². The van der Waals surface area contributed by atoms with Crippen LogP contribution in [-0.2, 0) is 11.2 Å². The molecule has 4 heteroatoms. The first-order valence-electron chi connectivity index (χ1n) is 7.27. The predicted molar refractivity (Wildman–Crippen MR) is 78.8 cm³/mol. The highest BCUT2D eigenvalue weighted by atomic mass is 16.2. The van der Waals surface area contributed by atoms with Gasteiger partial charge < -0.3 is 5.32 Å². The quantitative estimate of drug-likeness (QED) is 0.792. The van der Waals surface area contributed by atoms with E-state index in [1.807, 2.05) is 26.0 Å². The largest absolute Gasteiger partial charge is 0.354 e. The number of nitriles is 1. The zero-order chi connectivity index (χ0) is 14.8. The van der Waals surface area contributed by atoms with Crippen LogP contribution in [0.5, 0.6) is 0 Å². The first kappa shape index (κ1) is 16.2. The van der Waals surface area contributed by atoms with Gasteiger partial charge in [-0.2, -0.15) is 5.26 Å². The minimum absolute atomic E-state index is 0.132. The van der Waals surface area contributed by atoms with Gasteiger partial charge >= 0.3 is 0 Å². The molecular weight excluding hydrogens is 250 g/mol. The molecule has 0 aliphatic rings. The van der Waals surface area contributed by atoms with E-state index in [1.54, 1.807) is 12.4 Å². The van der Waals surface area contributed by atoms with E-state index in [0.29, 0.717) is 19.4 Å². The summed E-state index contributed by atoms with van der Waals surface area (Å²) in [5.41, 5.74) is 0.222. The number of hydrogen-bond donors (Lipinski definition) is 1. The highest BCUT2D eigenvalue weighted by Crippen LogP contribution is 2.29. The highest BCUT2D eigenvalue weighted by Gasteiger charge is 2.36. The lowest BCUT2D eigenvalue weighted by atomic mass is 9.80. The average molecular weight is 273 g/mol. The van der Waals surface area contributed by atoms with E-state index < -0.39 is 5.41 Å². The van der Waals surface area contributed by atoms with E-state index in [-0.39, 0.29) is 5.91 Å². The second kappa shape index (κ2) is 8.31. The summed E-state index contributed by atoms with van der Waals surface area (Å²) in [6.45, 7) is 4.55. The van der Waals surface area contributed by atoms with Crippen LogP contribution in [0.4, 0.5) is 0 Å². The molecule has 0 aliphatic carbocycles. The van der Waals surface area contributed by atoms with E-state index in [9.17, 15) is 10.1 Å². The molecule has 108 valence electrons. The van der Waals surface area contributed by atoms with Gasteiger partial charge in [0.2, 0.25) is 5.91 Å². The standard InChI is InChI=1S/C16H23N3O/c1-3-8-16(13-17,9-4-2)15(20)19-11-7-14-6-5-10-18-12-14/h5-6,10,12H,3-4,7-9,11H2,1-2H3,(H,19,20). The maximum atomic E-state index is 12.3. The number of hydrogen-bond acceptors (Lipinski definition) is 3. The summed E-state index contributed by atoms with van der Waals surface area (Å²) in [5, 5.41) is 12.3. The minimum atomic E-state index is -0.863. The van der Waals surface area contributed by atoms with Crippen LogP contribution in [0, 0.1) is 16.7 Å². The maximum Gasteiger partial charge on any atom is 0.240 e. The molecule has 0 atom stereocenters. The SMILES string of the molecule is CCCC(C#N)(CCC)C(=O)NCCc1cccnc1. The van der Waals surface area contributed by atoms with Gasteiger partial charge in [-0.3, -0.25) is 9.78 Å². The Morgan fingerprint density at radius 3 is 2.60 bits per heavy atom. The molecule has 0 bridgehead atoms. The molecule has 4 nitrogen and oxygen atoms in total. The third-order valence-corrected chi connectivity index (χ3v) is 3.42. The van der Waals surface area contributed by atoms with Crippen LogP contribution in [0.2, 0.25) is 0 Å². The number of carbonyl (C=O) groups excluding carboxylic acids is 1. The van der Waals surface area contributed by atoms with Gasteiger partial charge in [0.15, 0.2) is 0 Å². The molecule has 0 fully saturated rings. The summed E-state index contributed by atoms with van der Waals surface area (Å²) in [6.07, 6.45) is 7.17. The number of rotatable bonds is 8. The Bertz CT molecular complexity index is 445. The fourth-order valence-corrected chi connectivity index (χ4v) is 2.40. The molecule has 0 spiro atoms. The Morgan fingerprint density at radius 2 is 2.10 bits per heavy atom. The van der Waals surface area contributed by atoms with Crippen LogP contribution in [0.3, 0.4) is 0 Å². The van der Waals surface area contributed by atoms with Crippen molar-refractivity contribution in [2.45, 2.75) is 46.0 Å². The lowest BCUT2D eigenvalue weighted by molar-refractivity contribution is -0.128. The summed E-state index contributed by atoms with van der Waals surface area (Å²) in [5.74, 6) is -0.132. The Labute approximate surface area is 121 Å². The Hall–Kier alpha value is -1.89. The van der Waals surface area contributed by atoms with E-state index >= 15 is 0 Å². The molecule has 1 rings (SSSR count). The minimum Gasteiger partial charge on any atom is -0.354 e. The molecule has 0 saturated carbocycles. The second-order valence-corrected chi connectivity index (χ2v) is 5.06. The molecule has 0 saturated heterocycles. The van der Waals surface area contributed by atoms with Crippen LogP contribution in [-0.4, -0.2) is 17.4 Å². The molecule has 1 aromatic rings. The molecule has 1 amide bonds. The van der Waals surface area contributed by atoms with Gasteiger partial charge in [-0.15, -0.1) is 0 Å². The first-order valence-corrected chi connectivity index (χ1v) is 7.27. The predicted octanol–water partition coefficient (Wildman–Crippen LogP) is 2.85. The summed E-state index contributed by atoms with van der Waals surface area (Å²) < 4.78 is 0. The number of amides is 1. The molecule has 1 N–H and O–H groups in total. The molecule has 0 aliphatic heterocycles. The number of nitrogens with zero attached hydrogens (tertiary/aromatic N) is 2. The van der Waals surface area contributed by atoms with Crippen molar-refractivity contribution in [2.24, 2.45) is 5.41 Å². The number of pyridine rings is 1. The lowest BCUT2D eigenvalue weighted by Gasteiger charge is -2.24. The van der Waals surface area contributed by atoms with Crippen molar-refractivity contribution in [3.63, 3.8) is 0 Å². The van der Waals surface area contributed by atoms with Crippen LogP contribution < -0.4 is 5.32 Å². The van der Waals surface area contributed by atoms with E-state index in [0.717, 1.165) is 24.8 Å². The summed E-state index contributed by atoms with van der Waals surface area (Å²) in [7, 11) is 0. The van der Waals surface area contributed by atoms with Crippen LogP contribution in [0.1, 0.15) is 45.1 Å². The van der Waals surface area contributed by atoms with Gasteiger partial charge in [0.1, 0.15) is 5.41 Å². The Morgan fingerprint density at radius 1 is 1.40 bits per heavy atom. The normalized spacial score (nSPS) is 10.8. The van der Waals surface area contributed by atoms with E-state index in [2.05, 4.69) is 16.4 Å². The van der Waals surface area contributed by atoms with Crippen molar-refractivity contribution in [1.29, 1.82) is 5.26 Å². The lowest BCUT2D eigenvalue weighted by Crippen LogP contribution is -2.41. The van der Waals surface area contributed by atoms with Crippen LogP contribution >= 0.6 is 0 Å². The van der Waals surface area contributed by atoms with Crippen molar-refractivity contribution in [1.82, 2.24) is 10.3 Å². The molecule has 20 heavy (non-hydrogen) atoms. The molecular formula is C16H23N3O. The van der Waals surface area contributed by atoms with E-state index in [1.165, 1.54) is 0 Å². The zero-order valence-corrected chi connectivity index (χ0v) is 12.4. The highest BCUT2D eigenvalue weighted by molar-refractivity contribution is 5.85. The van der Waals surface area contributed by atoms with Crippen molar-refractivity contribution in [2.75, 3.05) is 6.54 Å². The Kier molecular flexibility index (Phi) is 6.72. The van der Waals surface area contributed by atoms with E-state index in [4.69, 9.17) is 0 Å². The number of carbonyl (C=O) groups is 1. The van der Waals surface area contributed by atoms with Crippen LogP contribution in [0.25, 0.3) is 0 Å². The number of aromatic nitrogens is 1. The third-order valence-electron chi connectivity index (χ3n) is 3.42. The zero-order valence-electron chi connectivity index (χ0n) is 12.4. The fraction of sp³-hybridized carbons (Fsp3) is 0.562. The van der Waals surface area contributed by atoms with Gasteiger partial charge in [-0.05, 0) is 30.9 Å². The third kappa shape index (κ3) is 4.34. The molecule has 1 heterocycles. The smallest absolute Gasteiger partial charge is 0.240 e. The van der Waals surface area contributed by atoms with Crippen LogP contribution in [0.15, 0.2) is 24.5 Å². The average Bonchev–Trinajstić information content (AvgIpc) is 2.48. The first-order chi connectivity index (χ1) is 9.68. The van der Waals surface area contributed by atoms with Gasteiger partial charge in [-0.25, -0.2) is 0 Å². The summed E-state index contributed by atoms with van der Waals surface area (Å²) >= 11 is 0.